The summed E-state index contributed by atoms with van der Waals surface area (Å²) in [6, 6.07) is 3.85. The van der Waals surface area contributed by atoms with Gasteiger partial charge in [0.1, 0.15) is 5.82 Å². The molecule has 1 N–H and O–H groups in total. The molecule has 0 atom stereocenters. The maximum atomic E-state index is 6.16. The summed E-state index contributed by atoms with van der Waals surface area (Å²) >= 11 is 6.16. The molecular weight excluding hydrogens is 262 g/mol. The molecule has 0 fully saturated rings. The van der Waals surface area contributed by atoms with Gasteiger partial charge in [0.25, 0.3) is 0 Å². The molecule has 0 aliphatic heterocycles. The second kappa shape index (κ2) is 9.13. The van der Waals surface area contributed by atoms with E-state index in [0.717, 1.165) is 37.6 Å². The highest BCUT2D eigenvalue weighted by atomic mass is 35.5. The summed E-state index contributed by atoms with van der Waals surface area (Å²) in [7, 11) is 2.01. The summed E-state index contributed by atoms with van der Waals surface area (Å²) in [6.45, 7) is 8.10. The van der Waals surface area contributed by atoms with Gasteiger partial charge in [0.2, 0.25) is 0 Å². The first-order chi connectivity index (χ1) is 9.19. The van der Waals surface area contributed by atoms with E-state index < -0.39 is 0 Å². The minimum Gasteiger partial charge on any atom is -0.380 e. The first-order valence-electron chi connectivity index (χ1n) is 6.84. The van der Waals surface area contributed by atoms with Crippen LogP contribution in [0, 0.1) is 0 Å². The monoisotopic (exact) mass is 285 g/mol. The zero-order valence-electron chi connectivity index (χ0n) is 12.1. The molecule has 0 aliphatic carbocycles. The van der Waals surface area contributed by atoms with Gasteiger partial charge >= 0.3 is 0 Å². The molecule has 4 nitrogen and oxygen atoms in total. The lowest BCUT2D eigenvalue weighted by Crippen LogP contribution is -2.24. The van der Waals surface area contributed by atoms with Crippen LogP contribution in [-0.2, 0) is 11.3 Å². The molecule has 0 aromatic carbocycles. The van der Waals surface area contributed by atoms with Crippen LogP contribution >= 0.6 is 11.6 Å². The first-order valence-corrected chi connectivity index (χ1v) is 7.21. The Labute approximate surface area is 121 Å². The number of pyridine rings is 1. The summed E-state index contributed by atoms with van der Waals surface area (Å²) < 4.78 is 5.35. The summed E-state index contributed by atoms with van der Waals surface area (Å²) in [4.78, 5) is 6.68. The molecule has 19 heavy (non-hydrogen) atoms. The summed E-state index contributed by atoms with van der Waals surface area (Å²) in [5.74, 6) is 0.928. The van der Waals surface area contributed by atoms with E-state index in [1.165, 1.54) is 0 Å². The molecule has 0 bridgehead atoms. The van der Waals surface area contributed by atoms with Gasteiger partial charge in [-0.25, -0.2) is 4.98 Å². The Morgan fingerprint density at radius 2 is 2.16 bits per heavy atom. The highest BCUT2D eigenvalue weighted by Gasteiger charge is 2.07. The highest BCUT2D eigenvalue weighted by molar-refractivity contribution is 6.31. The molecule has 1 heterocycles. The maximum absolute atomic E-state index is 6.16. The predicted molar refractivity (Wildman–Crippen MR) is 81.0 cm³/mol. The minimum atomic E-state index is 0.708. The molecule has 5 heteroatoms. The van der Waals surface area contributed by atoms with E-state index in [1.807, 2.05) is 26.1 Å². The fourth-order valence-corrected chi connectivity index (χ4v) is 1.83. The van der Waals surface area contributed by atoms with Gasteiger partial charge in [-0.2, -0.15) is 0 Å². The highest BCUT2D eigenvalue weighted by Crippen LogP contribution is 2.18. The van der Waals surface area contributed by atoms with Gasteiger partial charge in [-0.1, -0.05) is 18.5 Å². The van der Waals surface area contributed by atoms with E-state index in [9.17, 15) is 0 Å². The summed E-state index contributed by atoms with van der Waals surface area (Å²) in [6.07, 6.45) is 1.10. The number of nitrogens with zero attached hydrogens (tertiary/aromatic N) is 2. The second-order valence-electron chi connectivity index (χ2n) is 4.39. The van der Waals surface area contributed by atoms with Gasteiger partial charge in [0, 0.05) is 26.7 Å². The molecular formula is C14H24ClN3O. The van der Waals surface area contributed by atoms with Crippen molar-refractivity contribution in [1.29, 1.82) is 0 Å². The van der Waals surface area contributed by atoms with Crippen LogP contribution in [-0.4, -0.2) is 38.3 Å². The van der Waals surface area contributed by atoms with Gasteiger partial charge in [-0.3, -0.25) is 0 Å². The molecule has 1 aromatic rings. The van der Waals surface area contributed by atoms with Crippen LogP contribution in [0.5, 0.6) is 0 Å². The zero-order valence-corrected chi connectivity index (χ0v) is 12.8. The fraction of sp³-hybridized carbons (Fsp3) is 0.643. The van der Waals surface area contributed by atoms with E-state index >= 15 is 0 Å². The van der Waals surface area contributed by atoms with Gasteiger partial charge in [-0.05, 0) is 32.0 Å². The number of nitrogens with one attached hydrogen (secondary N) is 1. The number of hydrogen-bond donors (Lipinski definition) is 1. The smallest absolute Gasteiger partial charge is 0.128 e. The molecule has 0 unspecified atom stereocenters. The predicted octanol–water partition coefficient (Wildman–Crippen LogP) is 2.71. The molecule has 0 spiro atoms. The summed E-state index contributed by atoms with van der Waals surface area (Å²) in [5, 5.41) is 4.03. The maximum Gasteiger partial charge on any atom is 0.128 e. The average Bonchev–Trinajstić information content (AvgIpc) is 2.41. The van der Waals surface area contributed by atoms with Crippen molar-refractivity contribution in [2.75, 3.05) is 38.3 Å². The third-order valence-corrected chi connectivity index (χ3v) is 3.13. The molecule has 0 amide bonds. The van der Waals surface area contributed by atoms with Crippen molar-refractivity contribution >= 4 is 17.4 Å². The Bertz CT molecular complexity index is 374. The van der Waals surface area contributed by atoms with Gasteiger partial charge in [0.05, 0.1) is 17.3 Å². The largest absolute Gasteiger partial charge is 0.380 e. The van der Waals surface area contributed by atoms with Gasteiger partial charge in [-0.15, -0.1) is 0 Å². The standard InChI is InChI=1S/C14H24ClN3O/c1-4-8-16-11-13-12(15)6-7-14(17-13)18(3)9-10-19-5-2/h6-7,16H,4-5,8-11H2,1-3H3. The lowest BCUT2D eigenvalue weighted by atomic mass is 10.3. The molecule has 0 saturated carbocycles. The third kappa shape index (κ3) is 5.76. The van der Waals surface area contributed by atoms with Crippen molar-refractivity contribution < 1.29 is 4.74 Å². The Morgan fingerprint density at radius 1 is 1.37 bits per heavy atom. The number of rotatable bonds is 9. The molecule has 0 aliphatic rings. The third-order valence-electron chi connectivity index (χ3n) is 2.79. The fourth-order valence-electron chi connectivity index (χ4n) is 1.65. The van der Waals surface area contributed by atoms with Crippen LogP contribution in [0.4, 0.5) is 5.82 Å². The Kier molecular flexibility index (Phi) is 7.79. The van der Waals surface area contributed by atoms with Gasteiger partial charge in [0.15, 0.2) is 0 Å². The Balaban J connectivity index is 2.60. The topological polar surface area (TPSA) is 37.4 Å². The van der Waals surface area contributed by atoms with Crippen LogP contribution in [0.25, 0.3) is 0 Å². The quantitative estimate of drug-likeness (QED) is 0.708. The van der Waals surface area contributed by atoms with Crippen molar-refractivity contribution in [3.63, 3.8) is 0 Å². The van der Waals surface area contributed by atoms with Crippen molar-refractivity contribution in [2.45, 2.75) is 26.8 Å². The number of hydrogen-bond acceptors (Lipinski definition) is 4. The summed E-state index contributed by atoms with van der Waals surface area (Å²) in [5.41, 5.74) is 0.899. The van der Waals surface area contributed by atoms with E-state index in [-0.39, 0.29) is 0 Å². The molecule has 108 valence electrons. The van der Waals surface area contributed by atoms with Crippen LogP contribution in [0.15, 0.2) is 12.1 Å². The van der Waals surface area contributed by atoms with E-state index in [1.54, 1.807) is 0 Å². The number of aromatic nitrogens is 1. The Hall–Kier alpha value is -0.840. The SMILES string of the molecule is CCCNCc1nc(N(C)CCOCC)ccc1Cl. The lowest BCUT2D eigenvalue weighted by molar-refractivity contribution is 0.154. The van der Waals surface area contributed by atoms with E-state index in [2.05, 4.69) is 22.1 Å². The van der Waals surface area contributed by atoms with Crippen LogP contribution in [0.2, 0.25) is 5.02 Å². The van der Waals surface area contributed by atoms with Crippen LogP contribution in [0.3, 0.4) is 0 Å². The molecule has 1 aromatic heterocycles. The molecule has 1 rings (SSSR count). The van der Waals surface area contributed by atoms with Gasteiger partial charge < -0.3 is 15.0 Å². The zero-order chi connectivity index (χ0) is 14.1. The van der Waals surface area contributed by atoms with E-state index in [0.29, 0.717) is 18.2 Å². The van der Waals surface area contributed by atoms with Crippen LogP contribution in [0.1, 0.15) is 26.0 Å². The van der Waals surface area contributed by atoms with E-state index in [4.69, 9.17) is 16.3 Å². The molecule has 0 saturated heterocycles. The lowest BCUT2D eigenvalue weighted by Gasteiger charge is -2.19. The van der Waals surface area contributed by atoms with Crippen molar-refractivity contribution in [2.24, 2.45) is 0 Å². The number of halogens is 1. The normalized spacial score (nSPS) is 10.7. The minimum absolute atomic E-state index is 0.708. The Morgan fingerprint density at radius 3 is 2.84 bits per heavy atom. The van der Waals surface area contributed by atoms with Crippen molar-refractivity contribution in [1.82, 2.24) is 10.3 Å². The number of likely N-dealkylation sites (N-methyl/N-ethyl adjacent to an activating group) is 1. The average molecular weight is 286 g/mol. The number of ether oxygens (including phenoxy) is 1. The first kappa shape index (κ1) is 16.2. The number of anilines is 1. The second-order valence-corrected chi connectivity index (χ2v) is 4.80. The molecule has 0 radical (unpaired) electrons. The van der Waals surface area contributed by atoms with Crippen LogP contribution < -0.4 is 10.2 Å². The van der Waals surface area contributed by atoms with Crippen molar-refractivity contribution in [3.05, 3.63) is 22.8 Å². The van der Waals surface area contributed by atoms with Crippen molar-refractivity contribution in [3.8, 4) is 0 Å².